The molecular weight excluding hydrogens is 316 g/mol. The van der Waals surface area contributed by atoms with Gasteiger partial charge in [-0.25, -0.2) is 9.97 Å². The molecule has 6 heteroatoms. The third-order valence-corrected chi connectivity index (χ3v) is 4.64. The fourth-order valence-electron chi connectivity index (χ4n) is 3.18. The highest BCUT2D eigenvalue weighted by molar-refractivity contribution is 5.93. The number of nitrogens with two attached hydrogens (primary N) is 1. The van der Waals surface area contributed by atoms with Crippen LogP contribution in [0.2, 0.25) is 0 Å². The number of likely N-dealkylation sites (tertiary alicyclic amines) is 1. The first-order valence-corrected chi connectivity index (χ1v) is 8.49. The number of carbonyl (C=O) groups excluding carboxylic acids is 2. The van der Waals surface area contributed by atoms with Gasteiger partial charge in [-0.15, -0.1) is 0 Å². The Morgan fingerprint density at radius 3 is 2.72 bits per heavy atom. The van der Waals surface area contributed by atoms with Crippen LogP contribution in [0.25, 0.3) is 0 Å². The topological polar surface area (TPSA) is 89.2 Å². The van der Waals surface area contributed by atoms with E-state index in [-0.39, 0.29) is 11.8 Å². The number of carbonyl (C=O) groups is 2. The Kier molecular flexibility index (Phi) is 5.07. The molecule has 1 aliphatic heterocycles. The van der Waals surface area contributed by atoms with E-state index in [0.29, 0.717) is 30.0 Å². The predicted molar refractivity (Wildman–Crippen MR) is 94.0 cm³/mol. The standard InChI is InChI=1S/C19H22N4O2/c1-13-16(18(20)25)11-21-19(22-13)15-9-10-23(12-15)17(24)8-7-14-5-3-2-4-6-14/h2-6,11,15H,7-10,12H2,1H3,(H2,20,25)/t15-/m1/s1. The lowest BCUT2D eigenvalue weighted by Crippen LogP contribution is -2.28. The average Bonchev–Trinajstić information content (AvgIpc) is 3.10. The van der Waals surface area contributed by atoms with Gasteiger partial charge < -0.3 is 10.6 Å². The average molecular weight is 338 g/mol. The summed E-state index contributed by atoms with van der Waals surface area (Å²) in [4.78, 5) is 34.3. The summed E-state index contributed by atoms with van der Waals surface area (Å²) in [6.45, 7) is 3.10. The van der Waals surface area contributed by atoms with Crippen molar-refractivity contribution in [3.63, 3.8) is 0 Å². The monoisotopic (exact) mass is 338 g/mol. The van der Waals surface area contributed by atoms with Gasteiger partial charge in [0.15, 0.2) is 0 Å². The predicted octanol–water partition coefficient (Wildman–Crippen LogP) is 1.83. The van der Waals surface area contributed by atoms with Crippen molar-refractivity contribution < 1.29 is 9.59 Å². The largest absolute Gasteiger partial charge is 0.365 e. The van der Waals surface area contributed by atoms with Crippen molar-refractivity contribution in [2.24, 2.45) is 5.73 Å². The minimum atomic E-state index is -0.520. The van der Waals surface area contributed by atoms with E-state index in [9.17, 15) is 9.59 Å². The number of hydrogen-bond donors (Lipinski definition) is 1. The molecule has 1 saturated heterocycles. The molecule has 6 nitrogen and oxygen atoms in total. The molecule has 2 aromatic rings. The first-order valence-electron chi connectivity index (χ1n) is 8.49. The van der Waals surface area contributed by atoms with E-state index in [1.165, 1.54) is 11.8 Å². The molecule has 1 fully saturated rings. The maximum Gasteiger partial charge on any atom is 0.252 e. The maximum atomic E-state index is 12.4. The number of amides is 2. The maximum absolute atomic E-state index is 12.4. The molecule has 0 aliphatic carbocycles. The Balaban J connectivity index is 1.58. The normalized spacial score (nSPS) is 16.8. The molecule has 1 aromatic heterocycles. The number of aryl methyl sites for hydroxylation is 2. The lowest BCUT2D eigenvalue weighted by Gasteiger charge is -2.16. The van der Waals surface area contributed by atoms with Gasteiger partial charge in [0.1, 0.15) is 5.82 Å². The Labute approximate surface area is 147 Å². The van der Waals surface area contributed by atoms with Gasteiger partial charge in [0.25, 0.3) is 5.91 Å². The fourth-order valence-corrected chi connectivity index (χ4v) is 3.18. The number of primary amides is 1. The van der Waals surface area contributed by atoms with E-state index in [1.807, 2.05) is 35.2 Å². The molecule has 0 spiro atoms. The van der Waals surface area contributed by atoms with Gasteiger partial charge in [0.2, 0.25) is 5.91 Å². The van der Waals surface area contributed by atoms with Crippen LogP contribution in [0, 0.1) is 6.92 Å². The van der Waals surface area contributed by atoms with Gasteiger partial charge in [-0.1, -0.05) is 30.3 Å². The minimum absolute atomic E-state index is 0.112. The molecule has 2 heterocycles. The van der Waals surface area contributed by atoms with Crippen LogP contribution >= 0.6 is 0 Å². The second kappa shape index (κ2) is 7.42. The number of rotatable bonds is 5. The number of hydrogen-bond acceptors (Lipinski definition) is 4. The highest BCUT2D eigenvalue weighted by Crippen LogP contribution is 2.25. The minimum Gasteiger partial charge on any atom is -0.365 e. The van der Waals surface area contributed by atoms with Gasteiger partial charge in [-0.2, -0.15) is 0 Å². The Morgan fingerprint density at radius 2 is 2.04 bits per heavy atom. The molecule has 3 rings (SSSR count). The highest BCUT2D eigenvalue weighted by atomic mass is 16.2. The Bertz CT molecular complexity index is 776. The van der Waals surface area contributed by atoms with E-state index in [2.05, 4.69) is 9.97 Å². The van der Waals surface area contributed by atoms with Crippen LogP contribution in [-0.2, 0) is 11.2 Å². The van der Waals surface area contributed by atoms with Crippen molar-refractivity contribution in [2.75, 3.05) is 13.1 Å². The van der Waals surface area contributed by atoms with Gasteiger partial charge in [-0.05, 0) is 25.3 Å². The van der Waals surface area contributed by atoms with Crippen molar-refractivity contribution in [1.82, 2.24) is 14.9 Å². The molecule has 130 valence electrons. The van der Waals surface area contributed by atoms with Crippen LogP contribution < -0.4 is 5.73 Å². The van der Waals surface area contributed by atoms with E-state index in [1.54, 1.807) is 6.92 Å². The van der Waals surface area contributed by atoms with Gasteiger partial charge in [0.05, 0.1) is 11.3 Å². The molecule has 1 aliphatic rings. The van der Waals surface area contributed by atoms with Crippen molar-refractivity contribution in [3.8, 4) is 0 Å². The third-order valence-electron chi connectivity index (χ3n) is 4.64. The van der Waals surface area contributed by atoms with Crippen LogP contribution in [0.1, 0.15) is 46.2 Å². The molecule has 2 amide bonds. The molecule has 25 heavy (non-hydrogen) atoms. The Morgan fingerprint density at radius 1 is 1.28 bits per heavy atom. The van der Waals surface area contributed by atoms with Gasteiger partial charge in [0, 0.05) is 31.6 Å². The number of benzene rings is 1. The highest BCUT2D eigenvalue weighted by Gasteiger charge is 2.29. The van der Waals surface area contributed by atoms with Crippen molar-refractivity contribution in [2.45, 2.75) is 32.1 Å². The van der Waals surface area contributed by atoms with Crippen LogP contribution in [0.3, 0.4) is 0 Å². The zero-order valence-electron chi connectivity index (χ0n) is 14.3. The second-order valence-corrected chi connectivity index (χ2v) is 6.40. The lowest BCUT2D eigenvalue weighted by atomic mass is 10.1. The summed E-state index contributed by atoms with van der Waals surface area (Å²) in [7, 11) is 0. The van der Waals surface area contributed by atoms with Crippen LogP contribution in [0.5, 0.6) is 0 Å². The van der Waals surface area contributed by atoms with Crippen molar-refractivity contribution in [3.05, 3.63) is 59.2 Å². The third kappa shape index (κ3) is 4.02. The van der Waals surface area contributed by atoms with Crippen molar-refractivity contribution in [1.29, 1.82) is 0 Å². The summed E-state index contributed by atoms with van der Waals surface area (Å²) in [6, 6.07) is 10.0. The smallest absolute Gasteiger partial charge is 0.252 e. The summed E-state index contributed by atoms with van der Waals surface area (Å²) < 4.78 is 0. The molecule has 0 unspecified atom stereocenters. The molecule has 0 bridgehead atoms. The molecular formula is C19H22N4O2. The fraction of sp³-hybridized carbons (Fsp3) is 0.368. The van der Waals surface area contributed by atoms with Crippen LogP contribution in [-0.4, -0.2) is 39.8 Å². The number of aromatic nitrogens is 2. The van der Waals surface area contributed by atoms with Crippen LogP contribution in [0.15, 0.2) is 36.5 Å². The molecule has 2 N–H and O–H groups in total. The Hall–Kier alpha value is -2.76. The zero-order valence-corrected chi connectivity index (χ0v) is 14.3. The van der Waals surface area contributed by atoms with Crippen molar-refractivity contribution >= 4 is 11.8 Å². The second-order valence-electron chi connectivity index (χ2n) is 6.40. The molecule has 0 radical (unpaired) electrons. The summed E-state index contributed by atoms with van der Waals surface area (Å²) in [5.41, 5.74) is 7.40. The van der Waals surface area contributed by atoms with E-state index in [0.717, 1.165) is 19.4 Å². The first kappa shape index (κ1) is 17.1. The summed E-state index contributed by atoms with van der Waals surface area (Å²) >= 11 is 0. The van der Waals surface area contributed by atoms with E-state index in [4.69, 9.17) is 5.73 Å². The molecule has 0 saturated carbocycles. The summed E-state index contributed by atoms with van der Waals surface area (Å²) in [5, 5.41) is 0. The summed E-state index contributed by atoms with van der Waals surface area (Å²) in [6.07, 6.45) is 3.59. The quantitative estimate of drug-likeness (QED) is 0.901. The first-order chi connectivity index (χ1) is 12.0. The zero-order chi connectivity index (χ0) is 17.8. The van der Waals surface area contributed by atoms with Gasteiger partial charge in [-0.3, -0.25) is 9.59 Å². The van der Waals surface area contributed by atoms with Crippen LogP contribution in [0.4, 0.5) is 0 Å². The molecule has 1 atom stereocenters. The van der Waals surface area contributed by atoms with Gasteiger partial charge >= 0.3 is 0 Å². The number of nitrogens with zero attached hydrogens (tertiary/aromatic N) is 3. The van der Waals surface area contributed by atoms with E-state index >= 15 is 0 Å². The SMILES string of the molecule is Cc1nc([C@@H]2CCN(C(=O)CCc3ccccc3)C2)ncc1C(N)=O. The molecule has 1 aromatic carbocycles. The lowest BCUT2D eigenvalue weighted by molar-refractivity contribution is -0.130. The van der Waals surface area contributed by atoms with E-state index < -0.39 is 5.91 Å². The summed E-state index contributed by atoms with van der Waals surface area (Å²) in [5.74, 6) is 0.437.